The molecule has 0 amide bonds. The summed E-state index contributed by atoms with van der Waals surface area (Å²) in [5, 5.41) is 7.04. The molecule has 0 atom stereocenters. The van der Waals surface area contributed by atoms with Gasteiger partial charge < -0.3 is 9.64 Å². The van der Waals surface area contributed by atoms with Gasteiger partial charge in [0, 0.05) is 32.2 Å². The highest BCUT2D eigenvalue weighted by molar-refractivity contribution is 7.90. The SMILES string of the molecule is CS(=O)(=O)c1ccc(-n2ncc3c(OC4CCN(c5ccsc5C=O)CC4)ncnc32)cc1. The number of ether oxygens (including phenoxy) is 1. The molecule has 33 heavy (non-hydrogen) atoms. The van der Waals surface area contributed by atoms with E-state index in [2.05, 4.69) is 20.0 Å². The Morgan fingerprint density at radius 3 is 2.58 bits per heavy atom. The predicted molar refractivity (Wildman–Crippen MR) is 125 cm³/mol. The van der Waals surface area contributed by atoms with Crippen molar-refractivity contribution < 1.29 is 17.9 Å². The first-order valence-corrected chi connectivity index (χ1v) is 13.1. The van der Waals surface area contributed by atoms with Crippen LogP contribution in [0, 0.1) is 0 Å². The van der Waals surface area contributed by atoms with E-state index < -0.39 is 9.84 Å². The monoisotopic (exact) mass is 483 g/mol. The number of thiophene rings is 1. The van der Waals surface area contributed by atoms with Gasteiger partial charge in [0.2, 0.25) is 5.88 Å². The zero-order valence-electron chi connectivity index (χ0n) is 17.8. The lowest BCUT2D eigenvalue weighted by Gasteiger charge is -2.33. The molecule has 1 saturated heterocycles. The molecule has 1 aliphatic heterocycles. The average Bonchev–Trinajstić information content (AvgIpc) is 3.47. The zero-order valence-corrected chi connectivity index (χ0v) is 19.4. The van der Waals surface area contributed by atoms with Gasteiger partial charge in [-0.3, -0.25) is 4.79 Å². The molecular formula is C22H21N5O4S2. The number of hydrogen-bond acceptors (Lipinski definition) is 9. The fourth-order valence-electron chi connectivity index (χ4n) is 3.98. The van der Waals surface area contributed by atoms with Crippen LogP contribution in [0.3, 0.4) is 0 Å². The van der Waals surface area contributed by atoms with Gasteiger partial charge in [-0.25, -0.2) is 23.1 Å². The topological polar surface area (TPSA) is 107 Å². The van der Waals surface area contributed by atoms with Crippen molar-refractivity contribution in [1.82, 2.24) is 19.7 Å². The van der Waals surface area contributed by atoms with Crippen LogP contribution < -0.4 is 9.64 Å². The summed E-state index contributed by atoms with van der Waals surface area (Å²) >= 11 is 1.45. The lowest BCUT2D eigenvalue weighted by atomic mass is 10.1. The first kappa shape index (κ1) is 21.5. The molecule has 4 heterocycles. The van der Waals surface area contributed by atoms with Crippen molar-refractivity contribution in [3.8, 4) is 11.6 Å². The molecule has 0 radical (unpaired) electrons. The van der Waals surface area contributed by atoms with Crippen LogP contribution in [0.25, 0.3) is 16.7 Å². The van der Waals surface area contributed by atoms with Crippen LogP contribution in [0.2, 0.25) is 0 Å². The van der Waals surface area contributed by atoms with E-state index in [-0.39, 0.29) is 11.0 Å². The number of benzene rings is 1. The first-order valence-electron chi connectivity index (χ1n) is 10.4. The smallest absolute Gasteiger partial charge is 0.228 e. The van der Waals surface area contributed by atoms with Crippen molar-refractivity contribution in [2.24, 2.45) is 0 Å². The number of fused-ring (bicyclic) bond motifs is 1. The van der Waals surface area contributed by atoms with E-state index in [1.807, 2.05) is 11.4 Å². The number of aldehydes is 1. The Balaban J connectivity index is 1.33. The van der Waals surface area contributed by atoms with E-state index in [9.17, 15) is 13.2 Å². The van der Waals surface area contributed by atoms with E-state index in [0.29, 0.717) is 22.6 Å². The summed E-state index contributed by atoms with van der Waals surface area (Å²) in [5.74, 6) is 0.474. The molecule has 5 rings (SSSR count). The lowest BCUT2D eigenvalue weighted by molar-refractivity contribution is 0.112. The third-order valence-electron chi connectivity index (χ3n) is 5.68. The largest absolute Gasteiger partial charge is 0.474 e. The van der Waals surface area contributed by atoms with Crippen molar-refractivity contribution in [1.29, 1.82) is 0 Å². The second kappa shape index (κ2) is 8.56. The second-order valence-corrected chi connectivity index (χ2v) is 10.8. The number of carbonyl (C=O) groups excluding carboxylic acids is 1. The van der Waals surface area contributed by atoms with E-state index in [1.165, 1.54) is 23.9 Å². The minimum Gasteiger partial charge on any atom is -0.474 e. The van der Waals surface area contributed by atoms with Gasteiger partial charge in [-0.15, -0.1) is 11.3 Å². The molecular weight excluding hydrogens is 462 g/mol. The van der Waals surface area contributed by atoms with Crippen LogP contribution in [-0.4, -0.2) is 59.9 Å². The molecule has 3 aromatic heterocycles. The first-order chi connectivity index (χ1) is 15.9. The number of rotatable bonds is 6. The van der Waals surface area contributed by atoms with Gasteiger partial charge >= 0.3 is 0 Å². The Kier molecular flexibility index (Phi) is 5.59. The summed E-state index contributed by atoms with van der Waals surface area (Å²) in [5.41, 5.74) is 2.26. The highest BCUT2D eigenvalue weighted by Crippen LogP contribution is 2.30. The molecule has 1 fully saturated rings. The summed E-state index contributed by atoms with van der Waals surface area (Å²) in [7, 11) is -3.27. The Hall–Kier alpha value is -3.31. The van der Waals surface area contributed by atoms with Crippen LogP contribution in [0.4, 0.5) is 5.69 Å². The molecule has 170 valence electrons. The predicted octanol–water partition coefficient (Wildman–Crippen LogP) is 3.14. The molecule has 1 aromatic carbocycles. The Morgan fingerprint density at radius 2 is 1.88 bits per heavy atom. The van der Waals surface area contributed by atoms with E-state index >= 15 is 0 Å². The highest BCUT2D eigenvalue weighted by Gasteiger charge is 2.24. The number of hydrogen-bond donors (Lipinski definition) is 0. The van der Waals surface area contributed by atoms with Crippen molar-refractivity contribution in [2.75, 3.05) is 24.2 Å². The summed E-state index contributed by atoms with van der Waals surface area (Å²) in [6.45, 7) is 1.59. The van der Waals surface area contributed by atoms with Crippen molar-refractivity contribution >= 4 is 44.2 Å². The third kappa shape index (κ3) is 4.21. The van der Waals surface area contributed by atoms with Crippen molar-refractivity contribution in [2.45, 2.75) is 23.8 Å². The Bertz CT molecular complexity index is 1400. The fraction of sp³-hybridized carbons (Fsp3) is 0.273. The average molecular weight is 484 g/mol. The van der Waals surface area contributed by atoms with Crippen LogP contribution in [0.1, 0.15) is 22.5 Å². The minimum atomic E-state index is -3.27. The number of carbonyl (C=O) groups is 1. The normalized spacial score (nSPS) is 15.1. The van der Waals surface area contributed by atoms with Gasteiger partial charge in [-0.05, 0) is 35.7 Å². The van der Waals surface area contributed by atoms with Gasteiger partial charge in [0.05, 0.1) is 27.3 Å². The van der Waals surface area contributed by atoms with Crippen molar-refractivity contribution in [3.05, 3.63) is 53.1 Å². The zero-order chi connectivity index (χ0) is 23.0. The van der Waals surface area contributed by atoms with E-state index in [4.69, 9.17) is 4.74 Å². The lowest BCUT2D eigenvalue weighted by Crippen LogP contribution is -2.38. The van der Waals surface area contributed by atoms with Crippen molar-refractivity contribution in [3.63, 3.8) is 0 Å². The number of nitrogens with zero attached hydrogens (tertiary/aromatic N) is 5. The van der Waals surface area contributed by atoms with Crippen LogP contribution in [-0.2, 0) is 9.84 Å². The standard InChI is InChI=1S/C22H21N5O4S2/c1-33(29,30)17-4-2-15(3-5-17)27-21-18(12-25-27)22(24-14-23-21)31-16-6-9-26(10-7-16)19-8-11-32-20(19)13-28/h2-5,8,11-14,16H,6-7,9-10H2,1H3. The Labute approximate surface area is 194 Å². The van der Waals surface area contributed by atoms with Gasteiger partial charge in [0.25, 0.3) is 0 Å². The summed E-state index contributed by atoms with van der Waals surface area (Å²) in [6.07, 6.45) is 6.79. The minimum absolute atomic E-state index is 0.00457. The van der Waals surface area contributed by atoms with Crippen LogP contribution in [0.15, 0.2) is 53.1 Å². The second-order valence-electron chi connectivity index (χ2n) is 7.83. The molecule has 0 aliphatic carbocycles. The van der Waals surface area contributed by atoms with E-state index in [0.717, 1.165) is 42.8 Å². The van der Waals surface area contributed by atoms with Crippen LogP contribution in [0.5, 0.6) is 5.88 Å². The molecule has 11 heteroatoms. The quantitative estimate of drug-likeness (QED) is 0.385. The fourth-order valence-corrected chi connectivity index (χ4v) is 5.32. The van der Waals surface area contributed by atoms with Gasteiger partial charge in [0.15, 0.2) is 21.8 Å². The summed E-state index contributed by atoms with van der Waals surface area (Å²) < 4.78 is 31.3. The van der Waals surface area contributed by atoms with E-state index in [1.54, 1.807) is 35.1 Å². The Morgan fingerprint density at radius 1 is 1.12 bits per heavy atom. The number of aromatic nitrogens is 4. The molecule has 0 N–H and O–H groups in total. The molecule has 0 saturated carbocycles. The number of piperidine rings is 1. The third-order valence-corrected chi connectivity index (χ3v) is 7.64. The molecule has 4 aromatic rings. The summed E-state index contributed by atoms with van der Waals surface area (Å²) in [4.78, 5) is 23.1. The highest BCUT2D eigenvalue weighted by atomic mass is 32.2. The molecule has 9 nitrogen and oxygen atoms in total. The maximum absolute atomic E-state index is 11.7. The maximum atomic E-state index is 11.7. The summed E-state index contributed by atoms with van der Waals surface area (Å²) in [6, 6.07) is 8.47. The number of anilines is 1. The van der Waals surface area contributed by atoms with Gasteiger partial charge in [0.1, 0.15) is 17.8 Å². The molecule has 1 aliphatic rings. The van der Waals surface area contributed by atoms with Crippen LogP contribution >= 0.6 is 11.3 Å². The number of sulfone groups is 1. The van der Waals surface area contributed by atoms with Gasteiger partial charge in [-0.1, -0.05) is 0 Å². The molecule has 0 bridgehead atoms. The molecule has 0 spiro atoms. The maximum Gasteiger partial charge on any atom is 0.228 e. The van der Waals surface area contributed by atoms with Gasteiger partial charge in [-0.2, -0.15) is 5.10 Å². The molecule has 0 unspecified atom stereocenters.